The predicted octanol–water partition coefficient (Wildman–Crippen LogP) is 5.02. The van der Waals surface area contributed by atoms with Crippen molar-refractivity contribution in [1.29, 1.82) is 0 Å². The number of sulfonamides is 1. The molecule has 3 rings (SSSR count). The van der Waals surface area contributed by atoms with Crippen molar-refractivity contribution in [2.45, 2.75) is 31.8 Å². The number of alkyl halides is 3. The zero-order chi connectivity index (χ0) is 26.5. The summed E-state index contributed by atoms with van der Waals surface area (Å²) in [5.41, 5.74) is 1.45. The van der Waals surface area contributed by atoms with Crippen LogP contribution in [0.1, 0.15) is 22.3 Å². The van der Waals surface area contributed by atoms with Gasteiger partial charge >= 0.3 is 6.18 Å². The van der Waals surface area contributed by atoms with Gasteiger partial charge in [0, 0.05) is 0 Å². The topological polar surface area (TPSA) is 75.7 Å². The molecule has 0 unspecified atom stereocenters. The second-order valence-electron chi connectivity index (χ2n) is 8.34. The Morgan fingerprint density at radius 3 is 2.28 bits per heavy atom. The fraction of sp³-hybridized carbons (Fsp3) is 0.269. The highest BCUT2D eigenvalue weighted by Crippen LogP contribution is 2.33. The molecule has 1 N–H and O–H groups in total. The first kappa shape index (κ1) is 27.1. The van der Waals surface area contributed by atoms with Crippen LogP contribution in [-0.2, 0) is 21.0 Å². The van der Waals surface area contributed by atoms with Crippen molar-refractivity contribution in [3.63, 3.8) is 0 Å². The number of carbonyl (C=O) groups is 1. The number of nitrogens with one attached hydrogen (secondary N) is 1. The van der Waals surface area contributed by atoms with Gasteiger partial charge < -0.3 is 10.1 Å². The van der Waals surface area contributed by atoms with Crippen molar-refractivity contribution in [1.82, 2.24) is 5.32 Å². The van der Waals surface area contributed by atoms with Crippen LogP contribution < -0.4 is 14.4 Å². The molecule has 0 aliphatic heterocycles. The van der Waals surface area contributed by atoms with Crippen molar-refractivity contribution in [3.8, 4) is 5.75 Å². The summed E-state index contributed by atoms with van der Waals surface area (Å²) in [6.45, 7) is 5.08. The molecule has 0 spiro atoms. The summed E-state index contributed by atoms with van der Waals surface area (Å²) in [5.74, 6) is -0.0237. The van der Waals surface area contributed by atoms with Crippen LogP contribution in [-0.4, -0.2) is 34.0 Å². The first-order valence-corrected chi connectivity index (χ1v) is 12.6. The van der Waals surface area contributed by atoms with Crippen LogP contribution in [0.15, 0.2) is 71.6 Å². The second-order valence-corrected chi connectivity index (χ2v) is 10.2. The van der Waals surface area contributed by atoms with Crippen LogP contribution in [0.4, 0.5) is 18.9 Å². The zero-order valence-electron chi connectivity index (χ0n) is 20.1. The molecule has 1 amide bonds. The average molecular weight is 521 g/mol. The highest BCUT2D eigenvalue weighted by molar-refractivity contribution is 7.92. The van der Waals surface area contributed by atoms with Gasteiger partial charge in [0.2, 0.25) is 5.91 Å². The van der Waals surface area contributed by atoms with Crippen LogP contribution in [0.5, 0.6) is 5.75 Å². The number of amides is 1. The van der Waals surface area contributed by atoms with Crippen molar-refractivity contribution in [2.75, 3.05) is 24.0 Å². The summed E-state index contributed by atoms with van der Waals surface area (Å²) in [6, 6.07) is 15.4. The van der Waals surface area contributed by atoms with Gasteiger partial charge in [0.1, 0.15) is 18.9 Å². The van der Waals surface area contributed by atoms with Crippen LogP contribution in [0.3, 0.4) is 0 Å². The van der Waals surface area contributed by atoms with Gasteiger partial charge in [-0.05, 0) is 68.3 Å². The normalized spacial score (nSPS) is 11.7. The quantitative estimate of drug-likeness (QED) is 0.402. The SMILES string of the molecule is Cc1ccc(S(=O)(=O)N(CC(=O)NCCOc2cc(C)ccc2C)c2cccc(C(F)(F)F)c2)cc1. The Bertz CT molecular complexity index is 1320. The van der Waals surface area contributed by atoms with Gasteiger partial charge in [-0.2, -0.15) is 13.2 Å². The van der Waals surface area contributed by atoms with E-state index in [4.69, 9.17) is 4.74 Å². The molecule has 36 heavy (non-hydrogen) atoms. The molecule has 0 bridgehead atoms. The van der Waals surface area contributed by atoms with E-state index >= 15 is 0 Å². The summed E-state index contributed by atoms with van der Waals surface area (Å²) in [5, 5.41) is 2.57. The molecule has 0 aliphatic carbocycles. The first-order valence-electron chi connectivity index (χ1n) is 11.1. The maximum atomic E-state index is 13.4. The summed E-state index contributed by atoms with van der Waals surface area (Å²) in [6.07, 6.45) is -4.68. The number of ether oxygens (including phenoxy) is 1. The molecule has 0 fully saturated rings. The third-order valence-electron chi connectivity index (χ3n) is 5.38. The van der Waals surface area contributed by atoms with E-state index in [0.717, 1.165) is 28.8 Å². The molecule has 0 heterocycles. The van der Waals surface area contributed by atoms with E-state index in [2.05, 4.69) is 5.32 Å². The highest BCUT2D eigenvalue weighted by Gasteiger charge is 2.33. The minimum absolute atomic E-state index is 0.0766. The Morgan fingerprint density at radius 1 is 0.944 bits per heavy atom. The summed E-state index contributed by atoms with van der Waals surface area (Å²) in [4.78, 5) is 12.5. The van der Waals surface area contributed by atoms with Crippen LogP contribution in [0.25, 0.3) is 0 Å². The molecular formula is C26H27F3N2O4S. The second kappa shape index (κ2) is 11.0. The Labute approximate surface area is 208 Å². The Hall–Kier alpha value is -3.53. The van der Waals surface area contributed by atoms with E-state index < -0.39 is 34.2 Å². The lowest BCUT2D eigenvalue weighted by atomic mass is 10.1. The van der Waals surface area contributed by atoms with Crippen LogP contribution in [0, 0.1) is 20.8 Å². The summed E-state index contributed by atoms with van der Waals surface area (Å²) in [7, 11) is -4.34. The Balaban J connectivity index is 1.79. The van der Waals surface area contributed by atoms with Gasteiger partial charge in [-0.1, -0.05) is 35.9 Å². The molecule has 3 aromatic carbocycles. The van der Waals surface area contributed by atoms with Crippen LogP contribution in [0.2, 0.25) is 0 Å². The van der Waals surface area contributed by atoms with E-state index in [-0.39, 0.29) is 23.7 Å². The van der Waals surface area contributed by atoms with E-state index in [9.17, 15) is 26.4 Å². The smallest absolute Gasteiger partial charge is 0.416 e. The fourth-order valence-electron chi connectivity index (χ4n) is 3.39. The average Bonchev–Trinajstić information content (AvgIpc) is 2.82. The van der Waals surface area contributed by atoms with Crippen LogP contribution >= 0.6 is 0 Å². The molecular weight excluding hydrogens is 493 g/mol. The lowest BCUT2D eigenvalue weighted by Gasteiger charge is -2.25. The van der Waals surface area contributed by atoms with Crippen molar-refractivity contribution in [2.24, 2.45) is 0 Å². The molecule has 0 radical (unpaired) electrons. The van der Waals surface area contributed by atoms with Gasteiger partial charge in [0.15, 0.2) is 0 Å². The summed E-state index contributed by atoms with van der Waals surface area (Å²) >= 11 is 0. The lowest BCUT2D eigenvalue weighted by molar-refractivity contribution is -0.137. The molecule has 0 saturated heterocycles. The number of anilines is 1. The van der Waals surface area contributed by atoms with E-state index in [1.165, 1.54) is 18.2 Å². The van der Waals surface area contributed by atoms with Crippen molar-refractivity contribution in [3.05, 3.63) is 89.0 Å². The number of hydrogen-bond donors (Lipinski definition) is 1. The standard InChI is InChI=1S/C26H27F3N2O4S/c1-18-8-11-23(12-9-18)36(33,34)31(22-6-4-5-21(16-22)26(27,28)29)17-25(32)30-13-14-35-24-15-19(2)7-10-20(24)3/h4-12,15-16H,13-14,17H2,1-3H3,(H,30,32). The first-order chi connectivity index (χ1) is 16.9. The molecule has 0 saturated carbocycles. The van der Waals surface area contributed by atoms with E-state index in [0.29, 0.717) is 16.1 Å². The highest BCUT2D eigenvalue weighted by atomic mass is 32.2. The third-order valence-corrected chi connectivity index (χ3v) is 7.17. The van der Waals surface area contributed by atoms with Gasteiger partial charge in [0.25, 0.3) is 10.0 Å². The minimum atomic E-state index is -4.68. The van der Waals surface area contributed by atoms with Crippen molar-refractivity contribution >= 4 is 21.6 Å². The molecule has 192 valence electrons. The third kappa shape index (κ3) is 6.78. The van der Waals surface area contributed by atoms with Crippen molar-refractivity contribution < 1.29 is 31.1 Å². The number of nitrogens with zero attached hydrogens (tertiary/aromatic N) is 1. The van der Waals surface area contributed by atoms with E-state index in [1.807, 2.05) is 32.0 Å². The maximum absolute atomic E-state index is 13.4. The number of benzene rings is 3. The Morgan fingerprint density at radius 2 is 1.61 bits per heavy atom. The molecule has 10 heteroatoms. The van der Waals surface area contributed by atoms with Gasteiger partial charge in [-0.15, -0.1) is 0 Å². The van der Waals surface area contributed by atoms with Gasteiger partial charge in [-0.25, -0.2) is 8.42 Å². The molecule has 3 aromatic rings. The Kier molecular flexibility index (Phi) is 8.29. The lowest BCUT2D eigenvalue weighted by Crippen LogP contribution is -2.42. The molecule has 0 aliphatic rings. The number of carbonyl (C=O) groups excluding carboxylic acids is 1. The molecule has 0 atom stereocenters. The predicted molar refractivity (Wildman–Crippen MR) is 132 cm³/mol. The monoisotopic (exact) mass is 520 g/mol. The molecule has 0 aromatic heterocycles. The number of halogens is 3. The van der Waals surface area contributed by atoms with E-state index in [1.54, 1.807) is 19.1 Å². The minimum Gasteiger partial charge on any atom is -0.491 e. The largest absolute Gasteiger partial charge is 0.491 e. The number of rotatable bonds is 9. The fourth-order valence-corrected chi connectivity index (χ4v) is 4.80. The zero-order valence-corrected chi connectivity index (χ0v) is 20.9. The number of hydrogen-bond acceptors (Lipinski definition) is 4. The molecule has 6 nitrogen and oxygen atoms in total. The number of aryl methyl sites for hydroxylation is 3. The van der Waals surface area contributed by atoms with Gasteiger partial charge in [-0.3, -0.25) is 9.10 Å². The maximum Gasteiger partial charge on any atom is 0.416 e. The van der Waals surface area contributed by atoms with Gasteiger partial charge in [0.05, 0.1) is 22.7 Å². The summed E-state index contributed by atoms with van der Waals surface area (Å²) < 4.78 is 73.0.